The van der Waals surface area contributed by atoms with Crippen LogP contribution in [0.5, 0.6) is 5.75 Å². The fourth-order valence-electron chi connectivity index (χ4n) is 3.64. The zero-order valence-corrected chi connectivity index (χ0v) is 22.4. The number of carbonyl (C=O) groups is 1. The Labute approximate surface area is 230 Å². The summed E-state index contributed by atoms with van der Waals surface area (Å²) in [5.41, 5.74) is -0.505. The molecule has 0 radical (unpaired) electrons. The summed E-state index contributed by atoms with van der Waals surface area (Å²) in [6.07, 6.45) is -8.34. The summed E-state index contributed by atoms with van der Waals surface area (Å²) in [4.78, 5) is 11.8. The molecule has 0 spiro atoms. The van der Waals surface area contributed by atoms with Crippen molar-refractivity contribution in [2.24, 2.45) is 0 Å². The van der Waals surface area contributed by atoms with Crippen LogP contribution in [-0.4, -0.2) is 68.1 Å². The number of amides is 1. The quantitative estimate of drug-likeness (QED) is 0.291. The number of rotatable bonds is 8. The van der Waals surface area contributed by atoms with Gasteiger partial charge in [-0.3, -0.25) is 14.8 Å². The Morgan fingerprint density at radius 2 is 1.93 bits per heavy atom. The lowest BCUT2D eigenvalue weighted by Crippen LogP contribution is -2.50. The molecule has 1 amide bonds. The number of fused-ring (bicyclic) bond motifs is 1. The fraction of sp³-hybridized carbons (Fsp3) is 0.435. The zero-order valence-electron chi connectivity index (χ0n) is 20.9. The monoisotopic (exact) mass is 614 g/mol. The fourth-order valence-corrected chi connectivity index (χ4v) is 5.41. The van der Waals surface area contributed by atoms with Crippen molar-refractivity contribution in [1.29, 1.82) is 0 Å². The van der Waals surface area contributed by atoms with Gasteiger partial charge in [0.15, 0.2) is 0 Å². The number of anilines is 2. The lowest BCUT2D eigenvalue weighted by molar-refractivity contribution is -0.242. The van der Waals surface area contributed by atoms with Gasteiger partial charge in [-0.15, -0.1) is 5.17 Å². The Balaban J connectivity index is 1.62. The third-order valence-corrected chi connectivity index (χ3v) is 8.19. The number of hydrogen-bond donors (Lipinski definition) is 3. The number of hydrogen-bond acceptors (Lipinski definition) is 8. The van der Waals surface area contributed by atoms with Crippen LogP contribution in [0.3, 0.4) is 0 Å². The molecule has 4 rings (SSSR count). The molecule has 1 saturated carbocycles. The van der Waals surface area contributed by atoms with E-state index in [4.69, 9.17) is 16.3 Å². The van der Waals surface area contributed by atoms with Crippen molar-refractivity contribution in [3.63, 3.8) is 0 Å². The van der Waals surface area contributed by atoms with Gasteiger partial charge in [-0.1, -0.05) is 11.6 Å². The van der Waals surface area contributed by atoms with Gasteiger partial charge in [-0.2, -0.15) is 13.2 Å². The van der Waals surface area contributed by atoms with Crippen LogP contribution in [0.1, 0.15) is 20.3 Å². The first kappa shape index (κ1) is 30.0. The highest BCUT2D eigenvalue weighted by atomic mass is 35.5. The molecule has 3 N–H and O–H groups in total. The molecule has 1 fully saturated rings. The van der Waals surface area contributed by atoms with E-state index in [2.05, 4.69) is 15.5 Å². The van der Waals surface area contributed by atoms with E-state index in [0.29, 0.717) is 19.0 Å². The summed E-state index contributed by atoms with van der Waals surface area (Å²) < 4.78 is 105. The lowest BCUT2D eigenvalue weighted by Gasteiger charge is -2.36. The Bertz CT molecular complexity index is 1400. The number of sulfonamides is 1. The summed E-state index contributed by atoms with van der Waals surface area (Å²) in [7, 11) is -4.45. The molecule has 1 aliphatic heterocycles. The van der Waals surface area contributed by atoms with Crippen molar-refractivity contribution in [2.45, 2.75) is 55.3 Å². The van der Waals surface area contributed by atoms with E-state index in [1.165, 1.54) is 12.1 Å². The molecule has 0 unspecified atom stereocenters. The van der Waals surface area contributed by atoms with Gasteiger partial charge in [-0.25, -0.2) is 27.4 Å². The highest BCUT2D eigenvalue weighted by molar-refractivity contribution is 7.92. The smallest absolute Gasteiger partial charge is 0.427 e. The van der Waals surface area contributed by atoms with Crippen LogP contribution in [0.2, 0.25) is 5.02 Å². The average molecular weight is 615 g/mol. The summed E-state index contributed by atoms with van der Waals surface area (Å²) >= 11 is 5.79. The predicted octanol–water partition coefficient (Wildman–Crippen LogP) is 4.63. The average Bonchev–Trinajstić information content (AvgIpc) is 3.59. The summed E-state index contributed by atoms with van der Waals surface area (Å²) in [6.45, 7) is 0.792. The van der Waals surface area contributed by atoms with Crippen molar-refractivity contribution in [2.75, 3.05) is 22.7 Å². The molecule has 1 aliphatic carbocycles. The predicted molar refractivity (Wildman–Crippen MR) is 132 cm³/mol. The number of halogens is 6. The molecule has 3 atom stereocenters. The maximum absolute atomic E-state index is 13.7. The molecule has 0 aromatic heterocycles. The van der Waals surface area contributed by atoms with Crippen molar-refractivity contribution < 1.29 is 49.8 Å². The highest BCUT2D eigenvalue weighted by Crippen LogP contribution is 2.40. The van der Waals surface area contributed by atoms with E-state index in [9.17, 15) is 40.4 Å². The van der Waals surface area contributed by atoms with Crippen molar-refractivity contribution >= 4 is 39.1 Å². The van der Waals surface area contributed by atoms with E-state index in [-0.39, 0.29) is 41.5 Å². The van der Waals surface area contributed by atoms with Crippen LogP contribution in [-0.2, 0) is 14.8 Å². The normalized spacial score (nSPS) is 21.1. The summed E-state index contributed by atoms with van der Waals surface area (Å²) in [5, 5.41) is 12.2. The Kier molecular flexibility index (Phi) is 8.12. The van der Waals surface area contributed by atoms with E-state index in [1.54, 1.807) is 0 Å². The van der Waals surface area contributed by atoms with Crippen molar-refractivity contribution in [3.8, 4) is 5.75 Å². The van der Waals surface area contributed by atoms with Gasteiger partial charge in [0.05, 0.1) is 34.7 Å². The van der Waals surface area contributed by atoms with Crippen LogP contribution in [0.4, 0.5) is 38.1 Å². The number of nitrogens with one attached hydrogen (secondary N) is 2. The second-order valence-corrected chi connectivity index (χ2v) is 11.9. The van der Waals surface area contributed by atoms with E-state index in [1.807, 2.05) is 0 Å². The van der Waals surface area contributed by atoms with Gasteiger partial charge in [0, 0.05) is 12.1 Å². The molecule has 2 aromatic rings. The van der Waals surface area contributed by atoms with Crippen molar-refractivity contribution in [1.82, 2.24) is 10.6 Å². The van der Waals surface area contributed by atoms with Crippen LogP contribution < -0.4 is 19.8 Å². The van der Waals surface area contributed by atoms with Gasteiger partial charge in [0.1, 0.15) is 23.8 Å². The van der Waals surface area contributed by atoms with Crippen LogP contribution in [0.25, 0.3) is 0 Å². The number of nitrogens with zero attached hydrogens (tertiary/aromatic N) is 2. The van der Waals surface area contributed by atoms with Gasteiger partial charge in [0.25, 0.3) is 10.0 Å². The highest BCUT2D eigenvalue weighted by Gasteiger charge is 2.51. The first-order valence-electron chi connectivity index (χ1n) is 11.7. The molecule has 2 aromatic carbocycles. The Hall–Kier alpha value is -2.92. The largest absolute Gasteiger partial charge is 0.485 e. The number of ether oxygens (including phenoxy) is 2. The standard InChI is InChI=1S/C23H24ClF5N4O6S/c1-22(2,23(27,28)29)39-21(34)31-12-3-6-20-19(7-12)32(40(36,37)14-4-5-16(25)15(24)8-14)11-13(38-20)10-30-33(35)18-9-17(18)26/h3-8,13,17-18,30,35H,9-11H2,1-2H3,(H,31,34)/t13-,17-,18-/m0/s1. The van der Waals surface area contributed by atoms with Gasteiger partial charge in [-0.05, 0) is 50.2 Å². The van der Waals surface area contributed by atoms with E-state index >= 15 is 0 Å². The van der Waals surface area contributed by atoms with Crippen LogP contribution >= 0.6 is 11.6 Å². The SMILES string of the molecule is CC(C)(OC(=O)Nc1ccc2c(c1)N(S(=O)(=O)c1ccc(F)c(Cl)c1)C[C@H](CNN(O)[C@H]1C[C@@H]1F)O2)C(F)(F)F. The molecule has 0 saturated heterocycles. The number of hydroxylamine groups is 1. The third kappa shape index (κ3) is 6.35. The van der Waals surface area contributed by atoms with Gasteiger partial charge in [0.2, 0.25) is 5.60 Å². The molecular weight excluding hydrogens is 591 g/mol. The number of carbonyl (C=O) groups excluding carboxylic acids is 1. The lowest BCUT2D eigenvalue weighted by atomic mass is 10.1. The molecule has 220 valence electrons. The van der Waals surface area contributed by atoms with E-state index < -0.39 is 57.1 Å². The Morgan fingerprint density at radius 1 is 1.25 bits per heavy atom. The molecule has 40 heavy (non-hydrogen) atoms. The van der Waals surface area contributed by atoms with E-state index in [0.717, 1.165) is 28.6 Å². The minimum atomic E-state index is -4.85. The second-order valence-electron chi connectivity index (χ2n) is 9.58. The minimum Gasteiger partial charge on any atom is -0.485 e. The molecule has 17 heteroatoms. The number of alkyl halides is 4. The van der Waals surface area contributed by atoms with Crippen LogP contribution in [0, 0.1) is 5.82 Å². The Morgan fingerprint density at radius 3 is 2.52 bits per heavy atom. The second kappa shape index (κ2) is 10.8. The first-order valence-corrected chi connectivity index (χ1v) is 13.5. The van der Waals surface area contributed by atoms with Gasteiger partial charge >= 0.3 is 12.3 Å². The van der Waals surface area contributed by atoms with Crippen LogP contribution in [0.15, 0.2) is 41.3 Å². The number of benzene rings is 2. The summed E-state index contributed by atoms with van der Waals surface area (Å²) in [6, 6.07) is 5.64. The number of hydrazine groups is 1. The van der Waals surface area contributed by atoms with Gasteiger partial charge < -0.3 is 9.47 Å². The molecule has 1 heterocycles. The molecule has 2 aliphatic rings. The third-order valence-electron chi connectivity index (χ3n) is 6.12. The molecular formula is C23H24ClF5N4O6S. The summed E-state index contributed by atoms with van der Waals surface area (Å²) in [5.74, 6) is -0.866. The minimum absolute atomic E-state index is 0.0105. The molecule has 10 nitrogen and oxygen atoms in total. The maximum Gasteiger partial charge on any atom is 0.427 e. The topological polar surface area (TPSA) is 120 Å². The molecule has 0 bridgehead atoms. The first-order chi connectivity index (χ1) is 18.5. The maximum atomic E-state index is 13.7. The zero-order chi connectivity index (χ0) is 29.6. The van der Waals surface area contributed by atoms with Crippen molar-refractivity contribution in [3.05, 3.63) is 47.2 Å².